The number of aromatic nitrogens is 4. The molecular weight excluding hydrogens is 939 g/mol. The van der Waals surface area contributed by atoms with Crippen LogP contribution < -0.4 is 0 Å². The molecule has 0 aliphatic carbocycles. The fourth-order valence-corrected chi connectivity index (χ4v) is 5.27. The number of hydrogen-bond acceptors (Lipinski definition) is 6. The fraction of sp³-hybridized carbons (Fsp3) is 0. The number of aromatic amines is 2. The quantitative estimate of drug-likeness (QED) is 0.0920. The standard InChI is InChI=1S/C20H14N4.4C7H6O2.Hf/c1-2-14-10-16-5-6-18(23-16)12-20-8-7-19(24-20)11-17-4-3-15(22-17)9-13(1)21-14;4*8-7(9)6-4-2-1-3-5-6;/h1-12,21-22H;4*1-5H,(H,8,9);. The van der Waals surface area contributed by atoms with Crippen molar-refractivity contribution >= 4 is 70.2 Å². The topological polar surface area (TPSA) is 207 Å². The maximum Gasteiger partial charge on any atom is 0.335 e. The Kier molecular flexibility index (Phi) is 17.8. The summed E-state index contributed by atoms with van der Waals surface area (Å²) in [5.41, 5.74) is 9.18. The molecule has 0 fully saturated rings. The van der Waals surface area contributed by atoms with Crippen molar-refractivity contribution < 1.29 is 65.4 Å². The van der Waals surface area contributed by atoms with Crippen molar-refractivity contribution in [3.8, 4) is 0 Å². The van der Waals surface area contributed by atoms with Crippen molar-refractivity contribution in [1.82, 2.24) is 19.9 Å². The molecule has 6 N–H and O–H groups in total. The number of H-pyrrole nitrogens is 2. The van der Waals surface area contributed by atoms with Gasteiger partial charge < -0.3 is 30.4 Å². The van der Waals surface area contributed by atoms with Crippen LogP contribution in [0.1, 0.15) is 64.2 Å². The number of hydrogen-bond donors (Lipinski definition) is 6. The van der Waals surface area contributed by atoms with Gasteiger partial charge in [0.2, 0.25) is 0 Å². The van der Waals surface area contributed by atoms with Crippen molar-refractivity contribution in [3.05, 3.63) is 215 Å². The van der Waals surface area contributed by atoms with E-state index in [1.54, 1.807) is 121 Å². The zero-order chi connectivity index (χ0) is 42.7. The molecular formula is C48H38HfN4O8. The van der Waals surface area contributed by atoms with E-state index >= 15 is 0 Å². The molecule has 2 aliphatic heterocycles. The second-order valence-electron chi connectivity index (χ2n) is 12.6. The molecule has 0 atom stereocenters. The van der Waals surface area contributed by atoms with Gasteiger partial charge in [-0.3, -0.25) is 0 Å². The summed E-state index contributed by atoms with van der Waals surface area (Å²) >= 11 is 0. The molecule has 13 heteroatoms. The van der Waals surface area contributed by atoms with Crippen molar-refractivity contribution in [2.24, 2.45) is 0 Å². The van der Waals surface area contributed by atoms with Gasteiger partial charge in [-0.25, -0.2) is 29.1 Å². The Morgan fingerprint density at radius 2 is 0.557 bits per heavy atom. The summed E-state index contributed by atoms with van der Waals surface area (Å²) in [5, 5.41) is 33.5. The molecule has 302 valence electrons. The van der Waals surface area contributed by atoms with Crippen LogP contribution in [0.3, 0.4) is 0 Å². The predicted octanol–water partition coefficient (Wildman–Crippen LogP) is 10.2. The van der Waals surface area contributed by atoms with Gasteiger partial charge in [0.25, 0.3) is 0 Å². The number of nitrogens with one attached hydrogen (secondary N) is 2. The zero-order valence-corrected chi connectivity index (χ0v) is 35.9. The Balaban J connectivity index is 0.000000185. The Labute approximate surface area is 368 Å². The van der Waals surface area contributed by atoms with E-state index in [-0.39, 0.29) is 25.8 Å². The monoisotopic (exact) mass is 978 g/mol. The van der Waals surface area contributed by atoms with Gasteiger partial charge in [-0.1, -0.05) is 72.8 Å². The number of carbonyl (C=O) groups is 4. The summed E-state index contributed by atoms with van der Waals surface area (Å²) in [5.74, 6) is -3.52. The van der Waals surface area contributed by atoms with Crippen LogP contribution in [0.25, 0.3) is 46.4 Å². The number of fused-ring (bicyclic) bond motifs is 8. The molecule has 0 saturated carbocycles. The normalized spacial score (nSPS) is 10.2. The number of rotatable bonds is 4. The third kappa shape index (κ3) is 15.5. The van der Waals surface area contributed by atoms with Gasteiger partial charge in [-0.2, -0.15) is 0 Å². The summed E-state index contributed by atoms with van der Waals surface area (Å²) < 4.78 is 0. The molecule has 2 aliphatic rings. The van der Waals surface area contributed by atoms with Crippen molar-refractivity contribution in [2.75, 3.05) is 0 Å². The predicted molar refractivity (Wildman–Crippen MR) is 232 cm³/mol. The molecule has 0 radical (unpaired) electrons. The fourth-order valence-electron chi connectivity index (χ4n) is 5.27. The van der Waals surface area contributed by atoms with Crippen LogP contribution in [0.5, 0.6) is 0 Å². The summed E-state index contributed by atoms with van der Waals surface area (Å²) in [4.78, 5) is 56.8. The summed E-state index contributed by atoms with van der Waals surface area (Å²) in [6, 6.07) is 49.6. The number of aromatic carboxylic acids is 4. The van der Waals surface area contributed by atoms with Gasteiger partial charge in [-0.05, 0) is 121 Å². The smallest absolute Gasteiger partial charge is 0.335 e. The van der Waals surface area contributed by atoms with Crippen LogP contribution in [0.2, 0.25) is 0 Å². The van der Waals surface area contributed by atoms with Crippen LogP contribution in [0.15, 0.2) is 170 Å². The van der Waals surface area contributed by atoms with Crippen LogP contribution in [0, 0.1) is 0 Å². The molecule has 7 aromatic rings. The van der Waals surface area contributed by atoms with E-state index in [0.29, 0.717) is 22.3 Å². The summed E-state index contributed by atoms with van der Waals surface area (Å²) in [6.45, 7) is 0. The minimum absolute atomic E-state index is 0. The third-order valence-corrected chi connectivity index (χ3v) is 8.12. The van der Waals surface area contributed by atoms with E-state index < -0.39 is 23.9 Å². The largest absolute Gasteiger partial charge is 0.478 e. The molecule has 5 heterocycles. The molecule has 0 amide bonds. The molecule has 0 spiro atoms. The van der Waals surface area contributed by atoms with Crippen LogP contribution in [0.4, 0.5) is 0 Å². The number of nitrogens with zero attached hydrogens (tertiary/aromatic N) is 2. The first-order valence-electron chi connectivity index (χ1n) is 18.2. The Morgan fingerprint density at radius 1 is 0.328 bits per heavy atom. The minimum Gasteiger partial charge on any atom is -0.478 e. The molecule has 8 bridgehead atoms. The maximum atomic E-state index is 10.2. The SMILES string of the molecule is C1=Cc2cc3ccc(cc4ccc(cc5nc(cc1n2)C=C5)[nH]4)[nH]3.O=C(O)c1ccccc1.O=C(O)c1ccccc1.O=C(O)c1ccccc1.O=C(O)c1ccccc1.[Hf]. The maximum absolute atomic E-state index is 10.2. The molecule has 9 rings (SSSR count). The number of carboxylic acid groups (broad SMARTS) is 4. The zero-order valence-electron chi connectivity index (χ0n) is 32.3. The van der Waals surface area contributed by atoms with E-state index in [9.17, 15) is 19.2 Å². The Hall–Kier alpha value is -7.77. The van der Waals surface area contributed by atoms with Crippen LogP contribution in [-0.2, 0) is 25.8 Å². The van der Waals surface area contributed by atoms with Gasteiger partial charge in [0.05, 0.1) is 45.0 Å². The van der Waals surface area contributed by atoms with E-state index in [2.05, 4.69) is 50.3 Å². The first-order valence-corrected chi connectivity index (χ1v) is 18.2. The van der Waals surface area contributed by atoms with Crippen molar-refractivity contribution in [1.29, 1.82) is 0 Å². The molecule has 12 nitrogen and oxygen atoms in total. The second kappa shape index (κ2) is 23.6. The van der Waals surface area contributed by atoms with Crippen molar-refractivity contribution in [2.45, 2.75) is 0 Å². The molecule has 61 heavy (non-hydrogen) atoms. The minimum atomic E-state index is -0.879. The number of benzene rings is 4. The first-order chi connectivity index (χ1) is 29.0. The summed E-state index contributed by atoms with van der Waals surface area (Å²) in [6.07, 6.45) is 8.05. The van der Waals surface area contributed by atoms with Gasteiger partial charge in [0, 0.05) is 47.9 Å². The first kappa shape index (κ1) is 45.9. The number of carboxylic acids is 4. The van der Waals surface area contributed by atoms with E-state index in [4.69, 9.17) is 20.4 Å². The van der Waals surface area contributed by atoms with Gasteiger partial charge in [-0.15, -0.1) is 0 Å². The van der Waals surface area contributed by atoms with Gasteiger partial charge in [0.15, 0.2) is 0 Å². The third-order valence-electron chi connectivity index (χ3n) is 8.12. The molecule has 3 aromatic heterocycles. The summed E-state index contributed by atoms with van der Waals surface area (Å²) in [7, 11) is 0. The Bertz CT molecular complexity index is 2480. The molecule has 0 unspecified atom stereocenters. The molecule has 0 saturated heterocycles. The van der Waals surface area contributed by atoms with Crippen LogP contribution >= 0.6 is 0 Å². The van der Waals surface area contributed by atoms with Crippen LogP contribution in [-0.4, -0.2) is 64.2 Å². The Morgan fingerprint density at radius 3 is 0.787 bits per heavy atom. The second-order valence-corrected chi connectivity index (χ2v) is 12.6. The average molecular weight is 977 g/mol. The van der Waals surface area contributed by atoms with E-state index in [0.717, 1.165) is 44.8 Å². The van der Waals surface area contributed by atoms with Gasteiger partial charge >= 0.3 is 23.9 Å². The van der Waals surface area contributed by atoms with E-state index in [1.165, 1.54) is 0 Å². The van der Waals surface area contributed by atoms with Gasteiger partial charge in [0.1, 0.15) is 0 Å². The average Bonchev–Trinajstić information content (AvgIpc) is 4.11. The van der Waals surface area contributed by atoms with E-state index in [1.807, 2.05) is 42.5 Å². The van der Waals surface area contributed by atoms with Crippen molar-refractivity contribution in [3.63, 3.8) is 0 Å². The molecule has 4 aromatic carbocycles.